The fraction of sp³-hybridized carbons (Fsp3) is 0.182. The van der Waals surface area contributed by atoms with E-state index in [4.69, 9.17) is 9.47 Å². The van der Waals surface area contributed by atoms with Crippen molar-refractivity contribution in [2.24, 2.45) is 0 Å². The van der Waals surface area contributed by atoms with Gasteiger partial charge in [-0.05, 0) is 65.9 Å². The molecule has 1 amide bonds. The second-order valence-electron chi connectivity index (χ2n) is 6.46. The zero-order valence-electron chi connectivity index (χ0n) is 14.9. The molecule has 1 aliphatic rings. The normalized spacial score (nSPS) is 12.0. The number of amides is 1. The van der Waals surface area contributed by atoms with Gasteiger partial charge in [-0.25, -0.2) is 0 Å². The van der Waals surface area contributed by atoms with Gasteiger partial charge >= 0.3 is 0 Å². The van der Waals surface area contributed by atoms with Crippen molar-refractivity contribution in [3.8, 4) is 11.5 Å². The fourth-order valence-corrected chi connectivity index (χ4v) is 3.02. The number of hydrogen-bond donors (Lipinski definition) is 1. The molecule has 0 unspecified atom stereocenters. The minimum absolute atomic E-state index is 0.00505. The Morgan fingerprint density at radius 2 is 1.59 bits per heavy atom. The number of aryl methyl sites for hydroxylation is 1. The Morgan fingerprint density at radius 1 is 0.889 bits per heavy atom. The molecule has 0 fully saturated rings. The minimum atomic E-state index is -0.00505. The summed E-state index contributed by atoms with van der Waals surface area (Å²) >= 11 is 0. The molecule has 2 aromatic carbocycles. The van der Waals surface area contributed by atoms with Gasteiger partial charge in [0.1, 0.15) is 0 Å². The van der Waals surface area contributed by atoms with E-state index in [9.17, 15) is 4.79 Å². The van der Waals surface area contributed by atoms with Crippen LogP contribution in [0, 0.1) is 0 Å². The van der Waals surface area contributed by atoms with Gasteiger partial charge in [0.25, 0.3) is 0 Å². The maximum absolute atomic E-state index is 12.2. The molecule has 2 heterocycles. The summed E-state index contributed by atoms with van der Waals surface area (Å²) in [5.74, 6) is 1.50. The summed E-state index contributed by atoms with van der Waals surface area (Å²) in [7, 11) is 0. The number of anilines is 1. The van der Waals surface area contributed by atoms with Gasteiger partial charge in [0.15, 0.2) is 11.5 Å². The van der Waals surface area contributed by atoms with Gasteiger partial charge in [-0.15, -0.1) is 0 Å². The molecular formula is C22H20N2O3. The van der Waals surface area contributed by atoms with Gasteiger partial charge in [0, 0.05) is 24.5 Å². The zero-order valence-corrected chi connectivity index (χ0v) is 14.9. The molecule has 0 aliphatic carbocycles. The van der Waals surface area contributed by atoms with Crippen LogP contribution < -0.4 is 14.8 Å². The van der Waals surface area contributed by atoms with Crippen LogP contribution >= 0.6 is 0 Å². The molecule has 27 heavy (non-hydrogen) atoms. The monoisotopic (exact) mass is 360 g/mol. The molecule has 1 aromatic heterocycles. The van der Waals surface area contributed by atoms with Gasteiger partial charge < -0.3 is 14.8 Å². The van der Waals surface area contributed by atoms with Crippen molar-refractivity contribution in [3.05, 3.63) is 83.7 Å². The van der Waals surface area contributed by atoms with E-state index >= 15 is 0 Å². The number of aromatic nitrogens is 1. The van der Waals surface area contributed by atoms with E-state index < -0.39 is 0 Å². The number of ether oxygens (including phenoxy) is 2. The first-order valence-electron chi connectivity index (χ1n) is 8.92. The van der Waals surface area contributed by atoms with Crippen LogP contribution in [0.15, 0.2) is 67.0 Å². The Labute approximate surface area is 158 Å². The van der Waals surface area contributed by atoms with Crippen LogP contribution in [0.4, 0.5) is 5.69 Å². The summed E-state index contributed by atoms with van der Waals surface area (Å²) in [4.78, 5) is 16.3. The Balaban J connectivity index is 1.29. The van der Waals surface area contributed by atoms with Crippen molar-refractivity contribution in [2.75, 3.05) is 12.1 Å². The van der Waals surface area contributed by atoms with Crippen molar-refractivity contribution < 1.29 is 14.3 Å². The van der Waals surface area contributed by atoms with Crippen molar-refractivity contribution in [1.29, 1.82) is 0 Å². The van der Waals surface area contributed by atoms with Crippen molar-refractivity contribution in [3.63, 3.8) is 0 Å². The van der Waals surface area contributed by atoms with E-state index in [-0.39, 0.29) is 12.7 Å². The topological polar surface area (TPSA) is 60.5 Å². The highest BCUT2D eigenvalue weighted by Gasteiger charge is 2.13. The molecular weight excluding hydrogens is 340 g/mol. The first-order chi connectivity index (χ1) is 13.3. The summed E-state index contributed by atoms with van der Waals surface area (Å²) < 4.78 is 10.7. The van der Waals surface area contributed by atoms with E-state index in [1.165, 1.54) is 11.1 Å². The second-order valence-corrected chi connectivity index (χ2v) is 6.46. The van der Waals surface area contributed by atoms with E-state index in [1.54, 1.807) is 12.4 Å². The summed E-state index contributed by atoms with van der Waals surface area (Å²) in [5.41, 5.74) is 4.27. The molecule has 0 bridgehead atoms. The lowest BCUT2D eigenvalue weighted by molar-refractivity contribution is -0.116. The summed E-state index contributed by atoms with van der Waals surface area (Å²) in [5, 5.41) is 2.95. The largest absolute Gasteiger partial charge is 0.454 e. The summed E-state index contributed by atoms with van der Waals surface area (Å²) in [6.07, 6.45) is 5.51. The van der Waals surface area contributed by atoms with E-state index in [2.05, 4.69) is 10.3 Å². The van der Waals surface area contributed by atoms with Crippen molar-refractivity contribution >= 4 is 11.6 Å². The number of fused-ring (bicyclic) bond motifs is 1. The van der Waals surface area contributed by atoms with E-state index in [1.807, 2.05) is 54.6 Å². The van der Waals surface area contributed by atoms with Gasteiger partial charge in [-0.2, -0.15) is 0 Å². The van der Waals surface area contributed by atoms with Crippen LogP contribution in [0.5, 0.6) is 11.5 Å². The van der Waals surface area contributed by atoms with Crippen LogP contribution in [0.2, 0.25) is 0 Å². The molecule has 5 nitrogen and oxygen atoms in total. The number of pyridine rings is 1. The predicted molar refractivity (Wildman–Crippen MR) is 103 cm³/mol. The second kappa shape index (κ2) is 7.91. The maximum Gasteiger partial charge on any atom is 0.231 e. The molecule has 0 atom stereocenters. The van der Waals surface area contributed by atoms with Crippen molar-refractivity contribution in [1.82, 2.24) is 4.98 Å². The van der Waals surface area contributed by atoms with E-state index in [0.717, 1.165) is 29.2 Å². The fourth-order valence-electron chi connectivity index (χ4n) is 3.02. The van der Waals surface area contributed by atoms with E-state index in [0.29, 0.717) is 12.8 Å². The molecule has 3 aromatic rings. The van der Waals surface area contributed by atoms with Crippen LogP contribution in [0.25, 0.3) is 0 Å². The predicted octanol–water partition coefficient (Wildman–Crippen LogP) is 3.97. The van der Waals surface area contributed by atoms with Gasteiger partial charge in [0.2, 0.25) is 12.7 Å². The highest BCUT2D eigenvalue weighted by atomic mass is 16.7. The zero-order chi connectivity index (χ0) is 18.5. The molecule has 1 N–H and O–H groups in total. The molecule has 0 spiro atoms. The van der Waals surface area contributed by atoms with Gasteiger partial charge in [-0.1, -0.05) is 18.2 Å². The number of nitrogens with zero attached hydrogens (tertiary/aromatic N) is 1. The third-order valence-electron chi connectivity index (χ3n) is 4.47. The Bertz CT molecular complexity index is 924. The molecule has 0 radical (unpaired) electrons. The first-order valence-corrected chi connectivity index (χ1v) is 8.92. The Hall–Kier alpha value is -3.34. The van der Waals surface area contributed by atoms with Crippen LogP contribution in [0.1, 0.15) is 23.1 Å². The molecule has 5 heteroatoms. The Kier molecular flexibility index (Phi) is 5.01. The third-order valence-corrected chi connectivity index (χ3v) is 4.47. The molecule has 136 valence electrons. The number of benzene rings is 2. The number of carbonyl (C=O) groups is 1. The SMILES string of the molecule is O=C(CCc1ccc2c(c1)OCO2)Nc1ccc(Cc2ccncc2)cc1. The maximum atomic E-state index is 12.2. The highest BCUT2D eigenvalue weighted by molar-refractivity contribution is 5.90. The molecule has 0 saturated carbocycles. The lowest BCUT2D eigenvalue weighted by Crippen LogP contribution is -2.12. The molecule has 1 aliphatic heterocycles. The summed E-state index contributed by atoms with van der Waals surface area (Å²) in [6, 6.07) is 17.7. The smallest absolute Gasteiger partial charge is 0.231 e. The summed E-state index contributed by atoms with van der Waals surface area (Å²) in [6.45, 7) is 0.260. The lowest BCUT2D eigenvalue weighted by atomic mass is 10.1. The first kappa shape index (κ1) is 17.1. The Morgan fingerprint density at radius 3 is 2.41 bits per heavy atom. The molecule has 4 rings (SSSR count). The highest BCUT2D eigenvalue weighted by Crippen LogP contribution is 2.32. The lowest BCUT2D eigenvalue weighted by Gasteiger charge is -2.07. The van der Waals surface area contributed by atoms with Crippen LogP contribution in [-0.4, -0.2) is 17.7 Å². The number of nitrogens with one attached hydrogen (secondary N) is 1. The number of hydrogen-bond acceptors (Lipinski definition) is 4. The standard InChI is InChI=1S/C22H20N2O3/c25-22(8-4-17-3-7-20-21(14-17)27-15-26-20)24-19-5-1-16(2-6-19)13-18-9-11-23-12-10-18/h1-3,5-7,9-12,14H,4,8,13,15H2,(H,24,25). The van der Waals surface area contributed by atoms with Crippen molar-refractivity contribution in [2.45, 2.75) is 19.3 Å². The van der Waals surface area contributed by atoms with Gasteiger partial charge in [-0.3, -0.25) is 9.78 Å². The average Bonchev–Trinajstić information content (AvgIpc) is 3.17. The third kappa shape index (κ3) is 4.44. The van der Waals surface area contributed by atoms with Crippen LogP contribution in [0.3, 0.4) is 0 Å². The average molecular weight is 360 g/mol. The van der Waals surface area contributed by atoms with Crippen LogP contribution in [-0.2, 0) is 17.6 Å². The molecule has 0 saturated heterocycles. The van der Waals surface area contributed by atoms with Gasteiger partial charge in [0.05, 0.1) is 0 Å². The number of rotatable bonds is 6. The minimum Gasteiger partial charge on any atom is -0.454 e. The number of carbonyl (C=O) groups excluding carboxylic acids is 1. The quantitative estimate of drug-likeness (QED) is 0.722.